The number of hydrogen-bond acceptors (Lipinski definition) is 2. The summed E-state index contributed by atoms with van der Waals surface area (Å²) in [7, 11) is 0. The molecule has 0 saturated heterocycles. The Morgan fingerprint density at radius 2 is 2.16 bits per heavy atom. The van der Waals surface area contributed by atoms with E-state index in [4.69, 9.17) is 10.5 Å². The summed E-state index contributed by atoms with van der Waals surface area (Å²) in [6.07, 6.45) is 11.3. The lowest BCUT2D eigenvalue weighted by Crippen LogP contribution is -2.12. The highest BCUT2D eigenvalue weighted by Gasteiger charge is 2.23. The van der Waals surface area contributed by atoms with E-state index in [0.717, 1.165) is 12.2 Å². The van der Waals surface area contributed by atoms with Gasteiger partial charge in [-0.3, -0.25) is 0 Å². The SMILES string of the molecule is NC(CC1=CCCCC1)c1cccc(OC2CC2)c1. The van der Waals surface area contributed by atoms with Crippen LogP contribution in [0.3, 0.4) is 0 Å². The van der Waals surface area contributed by atoms with Crippen molar-refractivity contribution in [3.63, 3.8) is 0 Å². The van der Waals surface area contributed by atoms with Gasteiger partial charge in [0, 0.05) is 6.04 Å². The second-order valence-corrected chi connectivity index (χ2v) is 5.81. The Kier molecular flexibility index (Phi) is 3.88. The van der Waals surface area contributed by atoms with E-state index in [1.807, 2.05) is 6.07 Å². The summed E-state index contributed by atoms with van der Waals surface area (Å²) in [5, 5.41) is 0. The fourth-order valence-corrected chi connectivity index (χ4v) is 2.69. The largest absolute Gasteiger partial charge is 0.490 e. The van der Waals surface area contributed by atoms with Gasteiger partial charge in [-0.15, -0.1) is 0 Å². The van der Waals surface area contributed by atoms with Crippen LogP contribution in [-0.2, 0) is 0 Å². The van der Waals surface area contributed by atoms with Crippen LogP contribution >= 0.6 is 0 Å². The third kappa shape index (κ3) is 3.60. The highest BCUT2D eigenvalue weighted by molar-refractivity contribution is 5.31. The predicted octanol–water partition coefficient (Wildman–Crippen LogP) is 4.12. The number of hydrogen-bond donors (Lipinski definition) is 1. The molecule has 0 heterocycles. The average molecular weight is 257 g/mol. The first-order chi connectivity index (χ1) is 9.31. The first-order valence-electron chi connectivity index (χ1n) is 7.51. The van der Waals surface area contributed by atoms with E-state index in [0.29, 0.717) is 6.10 Å². The van der Waals surface area contributed by atoms with Crippen LogP contribution in [0.15, 0.2) is 35.9 Å². The van der Waals surface area contributed by atoms with Crippen molar-refractivity contribution in [2.45, 2.75) is 57.1 Å². The zero-order valence-electron chi connectivity index (χ0n) is 11.5. The number of benzene rings is 1. The molecule has 1 saturated carbocycles. The molecule has 0 amide bonds. The van der Waals surface area contributed by atoms with E-state index >= 15 is 0 Å². The number of nitrogens with two attached hydrogens (primary N) is 1. The Morgan fingerprint density at radius 1 is 1.26 bits per heavy atom. The van der Waals surface area contributed by atoms with Gasteiger partial charge in [0.2, 0.25) is 0 Å². The molecule has 1 unspecified atom stereocenters. The summed E-state index contributed by atoms with van der Waals surface area (Å²) in [5.41, 5.74) is 9.08. The van der Waals surface area contributed by atoms with Crippen molar-refractivity contribution in [3.05, 3.63) is 41.5 Å². The first kappa shape index (κ1) is 12.7. The standard InChI is InChI=1S/C17H23NO/c18-17(11-13-5-2-1-3-6-13)14-7-4-8-16(12-14)19-15-9-10-15/h4-5,7-8,12,15,17H,1-3,6,9-11,18H2. The summed E-state index contributed by atoms with van der Waals surface area (Å²) in [5.74, 6) is 0.980. The van der Waals surface area contributed by atoms with Gasteiger partial charge in [-0.25, -0.2) is 0 Å². The van der Waals surface area contributed by atoms with Crippen molar-refractivity contribution in [3.8, 4) is 5.75 Å². The number of allylic oxidation sites excluding steroid dienone is 1. The number of ether oxygens (including phenoxy) is 1. The summed E-state index contributed by atoms with van der Waals surface area (Å²) in [6, 6.07) is 8.43. The Labute approximate surface area is 115 Å². The Bertz CT molecular complexity index is 462. The quantitative estimate of drug-likeness (QED) is 0.805. The molecule has 3 rings (SSSR count). The monoisotopic (exact) mass is 257 g/mol. The molecule has 19 heavy (non-hydrogen) atoms. The molecule has 1 fully saturated rings. The molecular formula is C17H23NO. The Balaban J connectivity index is 1.64. The summed E-state index contributed by atoms with van der Waals surface area (Å²) < 4.78 is 5.84. The molecule has 0 aliphatic heterocycles. The minimum Gasteiger partial charge on any atom is -0.490 e. The van der Waals surface area contributed by atoms with Gasteiger partial charge in [0.1, 0.15) is 5.75 Å². The minimum absolute atomic E-state index is 0.104. The van der Waals surface area contributed by atoms with E-state index in [9.17, 15) is 0 Å². The van der Waals surface area contributed by atoms with Crippen molar-refractivity contribution in [2.24, 2.45) is 5.73 Å². The van der Waals surface area contributed by atoms with Crippen molar-refractivity contribution in [1.29, 1.82) is 0 Å². The van der Waals surface area contributed by atoms with E-state index in [1.165, 1.54) is 49.7 Å². The number of rotatable bonds is 5. The molecule has 0 bridgehead atoms. The lowest BCUT2D eigenvalue weighted by Gasteiger charge is -2.18. The molecule has 1 aromatic carbocycles. The van der Waals surface area contributed by atoms with Crippen LogP contribution in [0.1, 0.15) is 56.6 Å². The van der Waals surface area contributed by atoms with Gasteiger partial charge in [0.25, 0.3) is 0 Å². The molecule has 2 aliphatic carbocycles. The minimum atomic E-state index is 0.104. The van der Waals surface area contributed by atoms with Crippen molar-refractivity contribution < 1.29 is 4.74 Å². The molecule has 102 valence electrons. The molecule has 0 aromatic heterocycles. The van der Waals surface area contributed by atoms with E-state index in [-0.39, 0.29) is 6.04 Å². The maximum atomic E-state index is 6.34. The second-order valence-electron chi connectivity index (χ2n) is 5.81. The van der Waals surface area contributed by atoms with Crippen LogP contribution in [0.25, 0.3) is 0 Å². The third-order valence-electron chi connectivity index (χ3n) is 3.98. The van der Waals surface area contributed by atoms with Gasteiger partial charge in [0.15, 0.2) is 0 Å². The zero-order chi connectivity index (χ0) is 13.1. The maximum Gasteiger partial charge on any atom is 0.120 e. The van der Waals surface area contributed by atoms with E-state index < -0.39 is 0 Å². The highest BCUT2D eigenvalue weighted by Crippen LogP contribution is 2.30. The molecule has 0 spiro atoms. The van der Waals surface area contributed by atoms with Crippen molar-refractivity contribution >= 4 is 0 Å². The van der Waals surface area contributed by atoms with Gasteiger partial charge in [-0.2, -0.15) is 0 Å². The van der Waals surface area contributed by atoms with Crippen LogP contribution < -0.4 is 10.5 Å². The van der Waals surface area contributed by atoms with E-state index in [2.05, 4.69) is 24.3 Å². The molecule has 2 N–H and O–H groups in total. The summed E-state index contributed by atoms with van der Waals surface area (Å²) in [6.45, 7) is 0. The van der Waals surface area contributed by atoms with E-state index in [1.54, 1.807) is 0 Å². The van der Waals surface area contributed by atoms with Crippen LogP contribution in [0, 0.1) is 0 Å². The van der Waals surface area contributed by atoms with Gasteiger partial charge < -0.3 is 10.5 Å². The molecule has 0 radical (unpaired) electrons. The predicted molar refractivity (Wildman–Crippen MR) is 78.2 cm³/mol. The highest BCUT2D eigenvalue weighted by atomic mass is 16.5. The zero-order valence-corrected chi connectivity index (χ0v) is 11.5. The Hall–Kier alpha value is -1.28. The molecule has 2 aliphatic rings. The second kappa shape index (κ2) is 5.79. The Morgan fingerprint density at radius 3 is 2.89 bits per heavy atom. The molecule has 2 nitrogen and oxygen atoms in total. The fraction of sp³-hybridized carbons (Fsp3) is 0.529. The molecule has 1 aromatic rings. The van der Waals surface area contributed by atoms with Gasteiger partial charge in [0.05, 0.1) is 6.10 Å². The normalized spacial score (nSPS) is 20.8. The molecule has 1 atom stereocenters. The van der Waals surface area contributed by atoms with Crippen molar-refractivity contribution in [1.82, 2.24) is 0 Å². The average Bonchev–Trinajstić information content (AvgIpc) is 3.24. The van der Waals surface area contributed by atoms with Crippen LogP contribution in [0.2, 0.25) is 0 Å². The molecule has 2 heteroatoms. The lowest BCUT2D eigenvalue weighted by molar-refractivity contribution is 0.302. The first-order valence-corrected chi connectivity index (χ1v) is 7.51. The molecular weight excluding hydrogens is 234 g/mol. The summed E-state index contributed by atoms with van der Waals surface area (Å²) in [4.78, 5) is 0. The van der Waals surface area contributed by atoms with Crippen LogP contribution in [0.4, 0.5) is 0 Å². The van der Waals surface area contributed by atoms with Gasteiger partial charge in [-0.1, -0.05) is 23.8 Å². The van der Waals surface area contributed by atoms with Crippen LogP contribution in [0.5, 0.6) is 5.75 Å². The van der Waals surface area contributed by atoms with Crippen LogP contribution in [-0.4, -0.2) is 6.10 Å². The van der Waals surface area contributed by atoms with Gasteiger partial charge in [-0.05, 0) is 62.6 Å². The summed E-state index contributed by atoms with van der Waals surface area (Å²) >= 11 is 0. The fourth-order valence-electron chi connectivity index (χ4n) is 2.69. The topological polar surface area (TPSA) is 35.2 Å². The van der Waals surface area contributed by atoms with Gasteiger partial charge >= 0.3 is 0 Å². The third-order valence-corrected chi connectivity index (χ3v) is 3.98. The lowest BCUT2D eigenvalue weighted by atomic mass is 9.92. The maximum absolute atomic E-state index is 6.34. The smallest absolute Gasteiger partial charge is 0.120 e. The van der Waals surface area contributed by atoms with Crippen molar-refractivity contribution in [2.75, 3.05) is 0 Å².